The highest BCUT2D eigenvalue weighted by Crippen LogP contribution is 2.30. The molecule has 0 atom stereocenters. The maximum Gasteiger partial charge on any atom is 0.293 e. The molecule has 0 aliphatic rings. The van der Waals surface area contributed by atoms with Crippen molar-refractivity contribution in [2.75, 3.05) is 12.4 Å². The summed E-state index contributed by atoms with van der Waals surface area (Å²) in [5.74, 6) is -0.327. The molecule has 0 unspecified atom stereocenters. The van der Waals surface area contributed by atoms with Gasteiger partial charge in [-0.25, -0.2) is 17.5 Å². The molecule has 0 bridgehead atoms. The van der Waals surface area contributed by atoms with Gasteiger partial charge in [0.05, 0.1) is 9.82 Å². The molecule has 0 aliphatic heterocycles. The number of benzene rings is 2. The number of fused-ring (bicyclic) bond motifs is 1. The number of thiophene rings is 1. The summed E-state index contributed by atoms with van der Waals surface area (Å²) < 4.78 is 39.9. The van der Waals surface area contributed by atoms with Crippen molar-refractivity contribution in [2.24, 2.45) is 0 Å². The SMILES string of the molecule is CNS(=O)(=O)c1ccc(NCc2cc3cc(F)ccc3s2)c([N+](=O)[O-])c1. The minimum atomic E-state index is -3.78. The van der Waals surface area contributed by atoms with Crippen LogP contribution in [0.5, 0.6) is 0 Å². The van der Waals surface area contributed by atoms with Gasteiger partial charge >= 0.3 is 0 Å². The highest BCUT2D eigenvalue weighted by molar-refractivity contribution is 7.89. The molecule has 2 N–H and O–H groups in total. The molecule has 0 spiro atoms. The van der Waals surface area contributed by atoms with Crippen molar-refractivity contribution < 1.29 is 17.7 Å². The van der Waals surface area contributed by atoms with Gasteiger partial charge in [0.1, 0.15) is 11.5 Å². The molecule has 2 aromatic carbocycles. The molecule has 10 heteroatoms. The minimum absolute atomic E-state index is 0.186. The molecule has 0 amide bonds. The summed E-state index contributed by atoms with van der Waals surface area (Å²) in [6, 6.07) is 9.95. The third-order valence-electron chi connectivity index (χ3n) is 3.73. The van der Waals surface area contributed by atoms with Gasteiger partial charge < -0.3 is 5.32 Å². The Morgan fingerprint density at radius 3 is 2.65 bits per heavy atom. The van der Waals surface area contributed by atoms with E-state index in [1.807, 2.05) is 6.07 Å². The summed E-state index contributed by atoms with van der Waals surface area (Å²) in [4.78, 5) is 11.3. The summed E-state index contributed by atoms with van der Waals surface area (Å²) in [6.07, 6.45) is 0. The zero-order valence-electron chi connectivity index (χ0n) is 13.5. The largest absolute Gasteiger partial charge is 0.375 e. The van der Waals surface area contributed by atoms with Gasteiger partial charge in [-0.15, -0.1) is 11.3 Å². The van der Waals surface area contributed by atoms with E-state index in [-0.39, 0.29) is 22.1 Å². The van der Waals surface area contributed by atoms with Crippen LogP contribution in [0.15, 0.2) is 47.4 Å². The monoisotopic (exact) mass is 395 g/mol. The Kier molecular flexibility index (Phi) is 4.90. The van der Waals surface area contributed by atoms with E-state index in [1.165, 1.54) is 42.6 Å². The second-order valence-electron chi connectivity index (χ2n) is 5.39. The summed E-state index contributed by atoms with van der Waals surface area (Å²) in [6.45, 7) is 0.292. The quantitative estimate of drug-likeness (QED) is 0.492. The molecule has 0 radical (unpaired) electrons. The van der Waals surface area contributed by atoms with Crippen molar-refractivity contribution in [3.8, 4) is 0 Å². The van der Waals surface area contributed by atoms with E-state index < -0.39 is 14.9 Å². The maximum atomic E-state index is 13.3. The Morgan fingerprint density at radius 2 is 1.96 bits per heavy atom. The lowest BCUT2D eigenvalue weighted by molar-refractivity contribution is -0.384. The van der Waals surface area contributed by atoms with Crippen LogP contribution in [0.3, 0.4) is 0 Å². The number of nitrogens with one attached hydrogen (secondary N) is 2. The molecule has 26 heavy (non-hydrogen) atoms. The van der Waals surface area contributed by atoms with Gasteiger partial charge in [0.15, 0.2) is 0 Å². The molecule has 1 aromatic heterocycles. The fourth-order valence-electron chi connectivity index (χ4n) is 2.44. The predicted molar refractivity (Wildman–Crippen MR) is 98.5 cm³/mol. The number of nitro groups is 1. The third-order valence-corrected chi connectivity index (χ3v) is 6.26. The normalized spacial score (nSPS) is 11.6. The first-order chi connectivity index (χ1) is 12.3. The van der Waals surface area contributed by atoms with Gasteiger partial charge in [0.25, 0.3) is 5.69 Å². The zero-order valence-corrected chi connectivity index (χ0v) is 15.2. The van der Waals surface area contributed by atoms with E-state index in [4.69, 9.17) is 0 Å². The third kappa shape index (κ3) is 3.66. The van der Waals surface area contributed by atoms with Crippen molar-refractivity contribution in [3.63, 3.8) is 0 Å². The van der Waals surface area contributed by atoms with Gasteiger partial charge in [-0.05, 0) is 48.8 Å². The lowest BCUT2D eigenvalue weighted by Crippen LogP contribution is -2.18. The number of rotatable bonds is 6. The van der Waals surface area contributed by atoms with Crippen LogP contribution in [0.2, 0.25) is 0 Å². The lowest BCUT2D eigenvalue weighted by atomic mass is 10.2. The zero-order chi connectivity index (χ0) is 18.9. The molecular weight excluding hydrogens is 381 g/mol. The summed E-state index contributed by atoms with van der Waals surface area (Å²) in [7, 11) is -2.54. The molecule has 0 saturated heterocycles. The highest BCUT2D eigenvalue weighted by Gasteiger charge is 2.20. The van der Waals surface area contributed by atoms with Gasteiger partial charge in [0.2, 0.25) is 10.0 Å². The number of sulfonamides is 1. The van der Waals surface area contributed by atoms with Crippen LogP contribution < -0.4 is 10.0 Å². The summed E-state index contributed by atoms with van der Waals surface area (Å²) in [5.41, 5.74) is -0.137. The van der Waals surface area contributed by atoms with E-state index in [2.05, 4.69) is 10.0 Å². The van der Waals surface area contributed by atoms with Crippen LogP contribution in [0, 0.1) is 15.9 Å². The minimum Gasteiger partial charge on any atom is -0.375 e. The maximum absolute atomic E-state index is 13.3. The topological polar surface area (TPSA) is 101 Å². The smallest absolute Gasteiger partial charge is 0.293 e. The van der Waals surface area contributed by atoms with Crippen LogP contribution in [0.25, 0.3) is 10.1 Å². The van der Waals surface area contributed by atoms with Crippen LogP contribution in [0.4, 0.5) is 15.8 Å². The van der Waals surface area contributed by atoms with Gasteiger partial charge in [-0.1, -0.05) is 0 Å². The first kappa shape index (κ1) is 18.2. The van der Waals surface area contributed by atoms with Crippen molar-refractivity contribution in [1.82, 2.24) is 4.72 Å². The average Bonchev–Trinajstić information content (AvgIpc) is 3.01. The second-order valence-corrected chi connectivity index (χ2v) is 8.45. The lowest BCUT2D eigenvalue weighted by Gasteiger charge is -2.08. The molecule has 1 heterocycles. The van der Waals surface area contributed by atoms with Gasteiger partial charge in [0, 0.05) is 22.2 Å². The average molecular weight is 395 g/mol. The Hall–Kier alpha value is -2.56. The second kappa shape index (κ2) is 6.98. The van der Waals surface area contributed by atoms with Crippen LogP contribution in [0.1, 0.15) is 4.88 Å². The number of anilines is 1. The van der Waals surface area contributed by atoms with E-state index in [9.17, 15) is 22.9 Å². The first-order valence-corrected chi connectivity index (χ1v) is 9.74. The highest BCUT2D eigenvalue weighted by atomic mass is 32.2. The molecule has 0 saturated carbocycles. The van der Waals surface area contributed by atoms with Crippen molar-refractivity contribution in [3.05, 3.63) is 63.3 Å². The molecule has 3 rings (SSSR count). The fourth-order valence-corrected chi connectivity index (χ4v) is 4.17. The Bertz CT molecular complexity index is 1100. The number of halogens is 1. The van der Waals surface area contributed by atoms with E-state index in [0.29, 0.717) is 6.54 Å². The van der Waals surface area contributed by atoms with Crippen molar-refractivity contribution in [1.29, 1.82) is 0 Å². The van der Waals surface area contributed by atoms with Crippen LogP contribution in [-0.4, -0.2) is 20.4 Å². The van der Waals surface area contributed by atoms with E-state index in [1.54, 1.807) is 6.07 Å². The van der Waals surface area contributed by atoms with Crippen LogP contribution >= 0.6 is 11.3 Å². The van der Waals surface area contributed by atoms with Crippen molar-refractivity contribution >= 4 is 42.8 Å². The summed E-state index contributed by atoms with van der Waals surface area (Å²) in [5, 5.41) is 15.0. The first-order valence-electron chi connectivity index (χ1n) is 7.44. The Morgan fingerprint density at radius 1 is 1.19 bits per heavy atom. The number of nitro benzene ring substituents is 1. The van der Waals surface area contributed by atoms with Crippen molar-refractivity contribution in [2.45, 2.75) is 11.4 Å². The van der Waals surface area contributed by atoms with Gasteiger partial charge in [-0.3, -0.25) is 10.1 Å². The molecule has 0 fully saturated rings. The van der Waals surface area contributed by atoms with Gasteiger partial charge in [-0.2, -0.15) is 0 Å². The number of hydrogen-bond donors (Lipinski definition) is 2. The standard InChI is InChI=1S/C16H14FN3O4S2/c1-18-26(23,24)13-3-4-14(15(8-13)20(21)22)19-9-12-7-10-6-11(17)2-5-16(10)25-12/h2-8,18-19H,9H2,1H3. The Labute approximate surface area is 152 Å². The van der Waals surface area contributed by atoms with E-state index in [0.717, 1.165) is 21.0 Å². The Balaban J connectivity index is 1.87. The molecule has 136 valence electrons. The molecular formula is C16H14FN3O4S2. The summed E-state index contributed by atoms with van der Waals surface area (Å²) >= 11 is 1.45. The number of nitrogens with zero attached hydrogens (tertiary/aromatic N) is 1. The molecule has 0 aliphatic carbocycles. The fraction of sp³-hybridized carbons (Fsp3) is 0.125. The predicted octanol–water partition coefficient (Wildman–Crippen LogP) is 3.47. The molecule has 3 aromatic rings. The molecule has 7 nitrogen and oxygen atoms in total. The van der Waals surface area contributed by atoms with Crippen LogP contribution in [-0.2, 0) is 16.6 Å². The number of hydrogen-bond acceptors (Lipinski definition) is 6. The van der Waals surface area contributed by atoms with E-state index >= 15 is 0 Å².